The molecule has 0 radical (unpaired) electrons. The van der Waals surface area contributed by atoms with E-state index in [1.807, 2.05) is 0 Å². The van der Waals surface area contributed by atoms with Crippen LogP contribution in [0.4, 0.5) is 5.82 Å². The third-order valence-corrected chi connectivity index (χ3v) is 5.56. The van der Waals surface area contributed by atoms with Crippen molar-refractivity contribution in [3.63, 3.8) is 0 Å². The van der Waals surface area contributed by atoms with Gasteiger partial charge in [0.25, 0.3) is 0 Å². The molecule has 0 saturated carbocycles. The largest absolute Gasteiger partial charge is 0.299 e. The van der Waals surface area contributed by atoms with E-state index in [-0.39, 0.29) is 11.7 Å². The van der Waals surface area contributed by atoms with Gasteiger partial charge in [0.15, 0.2) is 0 Å². The summed E-state index contributed by atoms with van der Waals surface area (Å²) in [7, 11) is 1.06. The Labute approximate surface area is 113 Å². The third kappa shape index (κ3) is 2.02. The molecule has 1 atom stereocenters. The molecule has 0 aliphatic carbocycles. The first-order valence-corrected chi connectivity index (χ1v) is 7.45. The van der Waals surface area contributed by atoms with Gasteiger partial charge in [0, 0.05) is 32.9 Å². The molecule has 19 heavy (non-hydrogen) atoms. The lowest BCUT2D eigenvalue weighted by Gasteiger charge is -2.24. The highest BCUT2D eigenvalue weighted by Gasteiger charge is 2.49. The predicted molar refractivity (Wildman–Crippen MR) is 72.5 cm³/mol. The van der Waals surface area contributed by atoms with Crippen molar-refractivity contribution < 1.29 is 13.2 Å². The van der Waals surface area contributed by atoms with E-state index in [2.05, 4.69) is 4.98 Å². The van der Waals surface area contributed by atoms with Gasteiger partial charge in [-0.1, -0.05) is 6.07 Å². The van der Waals surface area contributed by atoms with Crippen LogP contribution in [0.15, 0.2) is 18.3 Å². The molecule has 0 N–H and O–H groups in total. The normalized spacial score (nSPS) is 23.0. The Morgan fingerprint density at radius 2 is 2.05 bits per heavy atom. The van der Waals surface area contributed by atoms with Crippen molar-refractivity contribution in [3.05, 3.63) is 23.9 Å². The van der Waals surface area contributed by atoms with E-state index in [0.29, 0.717) is 11.4 Å². The molecule has 0 saturated heterocycles. The second kappa shape index (κ2) is 4.28. The minimum absolute atomic E-state index is 0.244. The minimum atomic E-state index is -3.48. The van der Waals surface area contributed by atoms with E-state index >= 15 is 0 Å². The fourth-order valence-electron chi connectivity index (χ4n) is 2.31. The van der Waals surface area contributed by atoms with Gasteiger partial charge in [-0.3, -0.25) is 9.69 Å². The molecule has 2 heterocycles. The molecule has 1 aromatic heterocycles. The molecule has 1 amide bonds. The number of amides is 1. The summed E-state index contributed by atoms with van der Waals surface area (Å²) in [6.45, 7) is 1.65. The van der Waals surface area contributed by atoms with Crippen LogP contribution < -0.4 is 4.90 Å². The first-order chi connectivity index (χ1) is 8.70. The fourth-order valence-corrected chi connectivity index (χ4v) is 3.58. The second-order valence-corrected chi connectivity index (χ2v) is 7.29. The van der Waals surface area contributed by atoms with E-state index < -0.39 is 15.4 Å². The summed E-state index contributed by atoms with van der Waals surface area (Å²) in [6.07, 6.45) is 1.59. The van der Waals surface area contributed by atoms with Gasteiger partial charge in [-0.15, -0.1) is 0 Å². The number of likely N-dealkylation sites (N-methyl/N-ethyl adjacent to an activating group) is 1. The van der Waals surface area contributed by atoms with Crippen LogP contribution >= 0.6 is 0 Å². The van der Waals surface area contributed by atoms with Gasteiger partial charge < -0.3 is 0 Å². The van der Waals surface area contributed by atoms with Crippen LogP contribution in [-0.2, 0) is 20.2 Å². The Bertz CT molecular complexity index is 627. The lowest BCUT2D eigenvalue weighted by Crippen LogP contribution is -2.44. The standard InChI is InChI=1S/C12H17N3O3S/c1-12(8-19(17,18)14(2)3)9-6-5-7-13-10(9)15(4)11(12)16/h5-7H,8H2,1-4H3. The van der Waals surface area contributed by atoms with Crippen LogP contribution in [0.3, 0.4) is 0 Å². The number of carbonyl (C=O) groups is 1. The highest BCUT2D eigenvalue weighted by Crippen LogP contribution is 2.40. The van der Waals surface area contributed by atoms with Gasteiger partial charge in [-0.25, -0.2) is 17.7 Å². The van der Waals surface area contributed by atoms with Crippen molar-refractivity contribution in [2.75, 3.05) is 31.8 Å². The van der Waals surface area contributed by atoms with Gasteiger partial charge >= 0.3 is 0 Å². The van der Waals surface area contributed by atoms with E-state index in [0.717, 1.165) is 4.31 Å². The summed E-state index contributed by atoms with van der Waals surface area (Å²) >= 11 is 0. The van der Waals surface area contributed by atoms with Crippen molar-refractivity contribution >= 4 is 21.7 Å². The predicted octanol–water partition coefficient (Wildman–Crippen LogP) is 0.207. The fraction of sp³-hybridized carbons (Fsp3) is 0.500. The summed E-state index contributed by atoms with van der Waals surface area (Å²) in [5.41, 5.74) is -0.422. The maximum Gasteiger partial charge on any atom is 0.239 e. The van der Waals surface area contributed by atoms with Crippen LogP contribution in [-0.4, -0.2) is 50.5 Å². The highest BCUT2D eigenvalue weighted by molar-refractivity contribution is 7.89. The SMILES string of the molecule is CN1C(=O)C(C)(CS(=O)(=O)N(C)C)c2cccnc21. The number of carbonyl (C=O) groups excluding carboxylic acids is 1. The van der Waals surface area contributed by atoms with Gasteiger partial charge in [0.2, 0.25) is 15.9 Å². The number of pyridine rings is 1. The summed E-state index contributed by atoms with van der Waals surface area (Å²) in [5, 5.41) is 0. The van der Waals surface area contributed by atoms with Crippen molar-refractivity contribution in [2.24, 2.45) is 0 Å². The number of anilines is 1. The lowest BCUT2D eigenvalue weighted by atomic mass is 9.87. The molecule has 7 heteroatoms. The number of hydrogen-bond donors (Lipinski definition) is 0. The molecule has 1 aliphatic rings. The van der Waals surface area contributed by atoms with Gasteiger partial charge in [-0.05, 0) is 13.0 Å². The Morgan fingerprint density at radius 3 is 2.63 bits per heavy atom. The maximum absolute atomic E-state index is 12.4. The first kappa shape index (κ1) is 14.0. The number of sulfonamides is 1. The quantitative estimate of drug-likeness (QED) is 0.795. The zero-order valence-electron chi connectivity index (χ0n) is 11.4. The number of hydrogen-bond acceptors (Lipinski definition) is 4. The number of fused-ring (bicyclic) bond motifs is 1. The molecular formula is C12H17N3O3S. The van der Waals surface area contributed by atoms with E-state index in [4.69, 9.17) is 0 Å². The Morgan fingerprint density at radius 1 is 1.42 bits per heavy atom. The molecule has 1 aliphatic heterocycles. The molecule has 0 spiro atoms. The monoisotopic (exact) mass is 283 g/mol. The van der Waals surface area contributed by atoms with Gasteiger partial charge in [-0.2, -0.15) is 0 Å². The van der Waals surface area contributed by atoms with Crippen molar-refractivity contribution in [2.45, 2.75) is 12.3 Å². The molecule has 0 fully saturated rings. The van der Waals surface area contributed by atoms with Crippen LogP contribution in [0.25, 0.3) is 0 Å². The van der Waals surface area contributed by atoms with E-state index in [1.54, 1.807) is 32.3 Å². The zero-order chi connectivity index (χ0) is 14.4. The van der Waals surface area contributed by atoms with Crippen LogP contribution in [0.2, 0.25) is 0 Å². The van der Waals surface area contributed by atoms with Crippen molar-refractivity contribution in [3.8, 4) is 0 Å². The third-order valence-electron chi connectivity index (χ3n) is 3.50. The van der Waals surface area contributed by atoms with Crippen molar-refractivity contribution in [1.82, 2.24) is 9.29 Å². The Kier molecular flexibility index (Phi) is 3.14. The first-order valence-electron chi connectivity index (χ1n) is 5.84. The Hall–Kier alpha value is -1.47. The van der Waals surface area contributed by atoms with Crippen molar-refractivity contribution in [1.29, 1.82) is 0 Å². The molecule has 104 valence electrons. The van der Waals surface area contributed by atoms with Gasteiger partial charge in [0.1, 0.15) is 5.82 Å². The van der Waals surface area contributed by atoms with Crippen LogP contribution in [0, 0.1) is 0 Å². The highest BCUT2D eigenvalue weighted by atomic mass is 32.2. The summed E-state index contributed by atoms with van der Waals surface area (Å²) in [4.78, 5) is 18.0. The summed E-state index contributed by atoms with van der Waals surface area (Å²) in [6, 6.07) is 3.47. The average molecular weight is 283 g/mol. The molecule has 1 unspecified atom stereocenters. The van der Waals surface area contributed by atoms with Crippen LogP contribution in [0.1, 0.15) is 12.5 Å². The molecule has 0 bridgehead atoms. The second-order valence-electron chi connectivity index (χ2n) is 5.11. The smallest absolute Gasteiger partial charge is 0.239 e. The van der Waals surface area contributed by atoms with E-state index in [9.17, 15) is 13.2 Å². The maximum atomic E-state index is 12.4. The lowest BCUT2D eigenvalue weighted by molar-refractivity contribution is -0.121. The van der Waals surface area contributed by atoms with Gasteiger partial charge in [0.05, 0.1) is 11.2 Å². The molecule has 1 aromatic rings. The zero-order valence-corrected chi connectivity index (χ0v) is 12.2. The number of nitrogens with zero attached hydrogens (tertiary/aromatic N) is 3. The average Bonchev–Trinajstić information content (AvgIpc) is 2.52. The summed E-state index contributed by atoms with van der Waals surface area (Å²) < 4.78 is 25.3. The molecule has 2 rings (SSSR count). The number of aromatic nitrogens is 1. The van der Waals surface area contributed by atoms with E-state index in [1.165, 1.54) is 19.0 Å². The molecule has 6 nitrogen and oxygen atoms in total. The molecule has 0 aromatic carbocycles. The minimum Gasteiger partial charge on any atom is -0.299 e. The number of rotatable bonds is 3. The van der Waals surface area contributed by atoms with Crippen LogP contribution in [0.5, 0.6) is 0 Å². The Balaban J connectivity index is 2.53. The summed E-state index contributed by atoms with van der Waals surface area (Å²) in [5.74, 6) is 0.0325. The topological polar surface area (TPSA) is 70.6 Å². The molecular weight excluding hydrogens is 266 g/mol.